The molecule has 0 spiro atoms. The molecule has 0 saturated carbocycles. The number of nitrogens with zero attached hydrogens (tertiary/aromatic N) is 3. The lowest BCUT2D eigenvalue weighted by Gasteiger charge is -2.32. The Hall–Kier alpha value is -4.47. The molecule has 1 saturated heterocycles. The van der Waals surface area contributed by atoms with Crippen molar-refractivity contribution >= 4 is 29.4 Å². The molecule has 4 rings (SSSR count). The lowest BCUT2D eigenvalue weighted by molar-refractivity contribution is -0.120. The van der Waals surface area contributed by atoms with E-state index in [1.807, 2.05) is 41.3 Å². The number of carbonyl (C=O) groups excluding carboxylic acids is 3. The predicted octanol–water partition coefficient (Wildman–Crippen LogP) is 3.58. The number of benzene rings is 2. The SMILES string of the molecule is COC(=O)c1ccc(C(=O)OC)c(NC(=O)C2CCCN(c3ccc(-c4ccccc4OC)nn3)C2)c1. The smallest absolute Gasteiger partial charge is 0.339 e. The van der Waals surface area contributed by atoms with Gasteiger partial charge in [-0.05, 0) is 55.3 Å². The fraction of sp³-hybridized carbons (Fsp3) is 0.296. The average molecular weight is 505 g/mol. The van der Waals surface area contributed by atoms with Crippen LogP contribution in [0, 0.1) is 5.92 Å². The molecule has 0 radical (unpaired) electrons. The van der Waals surface area contributed by atoms with Crippen molar-refractivity contribution in [2.75, 3.05) is 44.6 Å². The Bertz CT molecular complexity index is 1290. The first-order valence-corrected chi connectivity index (χ1v) is 11.8. The van der Waals surface area contributed by atoms with E-state index in [0.29, 0.717) is 30.2 Å². The topological polar surface area (TPSA) is 120 Å². The monoisotopic (exact) mass is 504 g/mol. The van der Waals surface area contributed by atoms with Gasteiger partial charge >= 0.3 is 11.9 Å². The van der Waals surface area contributed by atoms with Crippen LogP contribution in [0.15, 0.2) is 54.6 Å². The van der Waals surface area contributed by atoms with Crippen LogP contribution in [0.2, 0.25) is 0 Å². The van der Waals surface area contributed by atoms with Gasteiger partial charge in [-0.2, -0.15) is 0 Å². The molecule has 1 aliphatic heterocycles. The van der Waals surface area contributed by atoms with Crippen molar-refractivity contribution in [3.63, 3.8) is 0 Å². The maximum atomic E-state index is 13.2. The zero-order valence-electron chi connectivity index (χ0n) is 20.9. The van der Waals surface area contributed by atoms with E-state index in [1.54, 1.807) is 7.11 Å². The van der Waals surface area contributed by atoms with Crippen molar-refractivity contribution in [2.24, 2.45) is 5.92 Å². The van der Waals surface area contributed by atoms with Gasteiger partial charge < -0.3 is 24.4 Å². The van der Waals surface area contributed by atoms with E-state index >= 15 is 0 Å². The molecular weight excluding hydrogens is 476 g/mol. The van der Waals surface area contributed by atoms with Crippen molar-refractivity contribution in [2.45, 2.75) is 12.8 Å². The molecule has 37 heavy (non-hydrogen) atoms. The molecule has 1 atom stereocenters. The van der Waals surface area contributed by atoms with Gasteiger partial charge in [-0.1, -0.05) is 12.1 Å². The highest BCUT2D eigenvalue weighted by atomic mass is 16.5. The molecule has 1 aromatic heterocycles. The number of nitrogens with one attached hydrogen (secondary N) is 1. The van der Waals surface area contributed by atoms with Gasteiger partial charge in [0, 0.05) is 18.7 Å². The Morgan fingerprint density at radius 2 is 1.73 bits per heavy atom. The number of anilines is 2. The molecule has 10 nitrogen and oxygen atoms in total. The molecule has 3 aromatic rings. The minimum absolute atomic E-state index is 0.147. The summed E-state index contributed by atoms with van der Waals surface area (Å²) in [5.74, 6) is -0.457. The molecular formula is C27H28N4O6. The normalized spacial score (nSPS) is 15.0. The third-order valence-corrected chi connectivity index (χ3v) is 6.25. The van der Waals surface area contributed by atoms with Gasteiger partial charge in [0.2, 0.25) is 5.91 Å². The van der Waals surface area contributed by atoms with E-state index in [0.717, 1.165) is 18.5 Å². The van der Waals surface area contributed by atoms with Crippen LogP contribution in [0.1, 0.15) is 33.6 Å². The maximum absolute atomic E-state index is 13.2. The summed E-state index contributed by atoms with van der Waals surface area (Å²) in [5.41, 5.74) is 2.08. The van der Waals surface area contributed by atoms with E-state index in [2.05, 4.69) is 15.5 Å². The quantitative estimate of drug-likeness (QED) is 0.481. The summed E-state index contributed by atoms with van der Waals surface area (Å²) in [5, 5.41) is 11.6. The van der Waals surface area contributed by atoms with Crippen molar-refractivity contribution in [1.29, 1.82) is 0 Å². The van der Waals surface area contributed by atoms with Gasteiger partial charge in [-0.3, -0.25) is 4.79 Å². The fourth-order valence-electron chi connectivity index (χ4n) is 4.31. The van der Waals surface area contributed by atoms with E-state index in [4.69, 9.17) is 14.2 Å². The first-order chi connectivity index (χ1) is 17.9. The second-order valence-corrected chi connectivity index (χ2v) is 8.50. The summed E-state index contributed by atoms with van der Waals surface area (Å²) in [6.45, 7) is 1.16. The minimum Gasteiger partial charge on any atom is -0.496 e. The van der Waals surface area contributed by atoms with Crippen LogP contribution in [0.3, 0.4) is 0 Å². The van der Waals surface area contributed by atoms with E-state index in [1.165, 1.54) is 32.4 Å². The van der Waals surface area contributed by atoms with Gasteiger partial charge in [-0.25, -0.2) is 9.59 Å². The summed E-state index contributed by atoms with van der Waals surface area (Å²) in [7, 11) is 4.12. The summed E-state index contributed by atoms with van der Waals surface area (Å²) in [4.78, 5) is 39.4. The van der Waals surface area contributed by atoms with E-state index < -0.39 is 11.9 Å². The number of hydrogen-bond acceptors (Lipinski definition) is 9. The van der Waals surface area contributed by atoms with Crippen molar-refractivity contribution in [1.82, 2.24) is 10.2 Å². The Kier molecular flexibility index (Phi) is 7.97. The lowest BCUT2D eigenvalue weighted by Crippen LogP contribution is -2.41. The molecule has 1 fully saturated rings. The molecule has 192 valence electrons. The first kappa shape index (κ1) is 25.6. The molecule has 1 unspecified atom stereocenters. The Morgan fingerprint density at radius 1 is 0.946 bits per heavy atom. The number of methoxy groups -OCH3 is 3. The minimum atomic E-state index is -0.623. The third kappa shape index (κ3) is 5.69. The van der Waals surface area contributed by atoms with Crippen LogP contribution < -0.4 is 15.0 Å². The van der Waals surface area contributed by atoms with Crippen molar-refractivity contribution in [3.05, 3.63) is 65.7 Å². The van der Waals surface area contributed by atoms with Gasteiger partial charge in [0.05, 0.1) is 49.8 Å². The Balaban J connectivity index is 1.50. The van der Waals surface area contributed by atoms with Crippen LogP contribution >= 0.6 is 0 Å². The van der Waals surface area contributed by atoms with Crippen LogP contribution in [-0.4, -0.2) is 62.5 Å². The predicted molar refractivity (Wildman–Crippen MR) is 137 cm³/mol. The van der Waals surface area contributed by atoms with Gasteiger partial charge in [-0.15, -0.1) is 10.2 Å². The molecule has 0 bridgehead atoms. The number of piperidine rings is 1. The highest BCUT2D eigenvalue weighted by molar-refractivity contribution is 6.04. The molecule has 10 heteroatoms. The van der Waals surface area contributed by atoms with Gasteiger partial charge in [0.1, 0.15) is 5.75 Å². The molecule has 2 heterocycles. The Morgan fingerprint density at radius 3 is 2.43 bits per heavy atom. The zero-order chi connectivity index (χ0) is 26.4. The zero-order valence-corrected chi connectivity index (χ0v) is 20.9. The number of aromatic nitrogens is 2. The number of rotatable bonds is 7. The number of para-hydroxylation sites is 1. The highest BCUT2D eigenvalue weighted by Crippen LogP contribution is 2.29. The standard InChI is InChI=1S/C27H28N4O6/c1-35-23-9-5-4-8-19(23)21-12-13-24(30-29-21)31-14-6-7-18(16-31)25(32)28-22-15-17(26(33)36-2)10-11-20(22)27(34)37-3/h4-5,8-13,15,18H,6-7,14,16H2,1-3H3,(H,28,32). The highest BCUT2D eigenvalue weighted by Gasteiger charge is 2.28. The number of carbonyl (C=O) groups is 3. The van der Waals surface area contributed by atoms with Gasteiger partial charge in [0.15, 0.2) is 5.82 Å². The number of ether oxygens (including phenoxy) is 3. The second kappa shape index (κ2) is 11.5. The average Bonchev–Trinajstić information content (AvgIpc) is 2.96. The molecule has 1 N–H and O–H groups in total. The van der Waals surface area contributed by atoms with Crippen LogP contribution in [0.5, 0.6) is 5.75 Å². The number of hydrogen-bond donors (Lipinski definition) is 1. The largest absolute Gasteiger partial charge is 0.496 e. The van der Waals surface area contributed by atoms with Crippen LogP contribution in [-0.2, 0) is 14.3 Å². The first-order valence-electron chi connectivity index (χ1n) is 11.8. The third-order valence-electron chi connectivity index (χ3n) is 6.25. The molecule has 2 aromatic carbocycles. The Labute approximate surface area is 214 Å². The fourth-order valence-corrected chi connectivity index (χ4v) is 4.31. The summed E-state index contributed by atoms with van der Waals surface area (Å²) >= 11 is 0. The van der Waals surface area contributed by atoms with Crippen LogP contribution in [0.4, 0.5) is 11.5 Å². The molecule has 1 aliphatic rings. The van der Waals surface area contributed by atoms with Crippen LogP contribution in [0.25, 0.3) is 11.3 Å². The maximum Gasteiger partial charge on any atom is 0.339 e. The van der Waals surface area contributed by atoms with Crippen molar-refractivity contribution < 1.29 is 28.6 Å². The van der Waals surface area contributed by atoms with E-state index in [-0.39, 0.29) is 28.6 Å². The number of amides is 1. The van der Waals surface area contributed by atoms with E-state index in [9.17, 15) is 14.4 Å². The summed E-state index contributed by atoms with van der Waals surface area (Å²) in [6, 6.07) is 15.6. The second-order valence-electron chi connectivity index (χ2n) is 8.50. The summed E-state index contributed by atoms with van der Waals surface area (Å²) in [6.07, 6.45) is 1.44. The summed E-state index contributed by atoms with van der Waals surface area (Å²) < 4.78 is 15.0. The molecule has 1 amide bonds. The molecule has 0 aliphatic carbocycles. The number of esters is 2. The lowest BCUT2D eigenvalue weighted by atomic mass is 9.96. The van der Waals surface area contributed by atoms with Crippen molar-refractivity contribution in [3.8, 4) is 17.0 Å². The van der Waals surface area contributed by atoms with Gasteiger partial charge in [0.25, 0.3) is 0 Å².